The number of alkyl halides is 2. The van der Waals surface area contributed by atoms with E-state index >= 15 is 0 Å². The Morgan fingerprint density at radius 1 is 1.09 bits per heavy atom. The molecule has 1 heterocycles. The lowest BCUT2D eigenvalue weighted by Crippen LogP contribution is -2.43. The maximum Gasteiger partial charge on any atom is 0.407 e. The van der Waals surface area contributed by atoms with Crippen molar-refractivity contribution in [2.75, 3.05) is 19.7 Å². The molecule has 4 rings (SSSR count). The molecular weight excluding hydrogens is 450 g/mol. The monoisotopic (exact) mass is 474 g/mol. The van der Waals surface area contributed by atoms with Gasteiger partial charge in [0, 0.05) is 18.9 Å². The first-order chi connectivity index (χ1) is 16.2. The summed E-state index contributed by atoms with van der Waals surface area (Å²) in [4.78, 5) is 36.2. The van der Waals surface area contributed by atoms with E-state index < -0.39 is 55.4 Å². The molecule has 3 N–H and O–H groups in total. The van der Waals surface area contributed by atoms with Gasteiger partial charge in [0.15, 0.2) is 0 Å². The van der Waals surface area contributed by atoms with Gasteiger partial charge in [-0.25, -0.2) is 18.4 Å². The van der Waals surface area contributed by atoms with Gasteiger partial charge in [-0.3, -0.25) is 4.79 Å². The molecule has 2 aromatic carbocycles. The predicted octanol–water partition coefficient (Wildman–Crippen LogP) is 2.60. The van der Waals surface area contributed by atoms with E-state index in [4.69, 9.17) is 9.84 Å². The molecule has 1 fully saturated rings. The number of alkyl carbamates (subject to hydrolysis) is 1. The van der Waals surface area contributed by atoms with E-state index in [1.807, 2.05) is 48.5 Å². The van der Waals surface area contributed by atoms with Crippen LogP contribution in [0.1, 0.15) is 29.9 Å². The number of hydrogen-bond donors (Lipinski definition) is 3. The van der Waals surface area contributed by atoms with Gasteiger partial charge in [0.2, 0.25) is 5.91 Å². The van der Waals surface area contributed by atoms with E-state index in [0.29, 0.717) is 4.90 Å². The van der Waals surface area contributed by atoms with Gasteiger partial charge in [0.05, 0.1) is 19.1 Å². The molecule has 2 atom stereocenters. The summed E-state index contributed by atoms with van der Waals surface area (Å²) in [7, 11) is 0. The van der Waals surface area contributed by atoms with Crippen LogP contribution in [0.3, 0.4) is 0 Å². The van der Waals surface area contributed by atoms with Crippen LogP contribution in [0.5, 0.6) is 0 Å². The number of fused-ring (bicyclic) bond motifs is 3. The number of ether oxygens (including phenoxy) is 1. The van der Waals surface area contributed by atoms with Gasteiger partial charge in [-0.2, -0.15) is 0 Å². The molecule has 180 valence electrons. The first-order valence-corrected chi connectivity index (χ1v) is 10.8. The van der Waals surface area contributed by atoms with Crippen LogP contribution in [-0.4, -0.2) is 70.8 Å². The summed E-state index contributed by atoms with van der Waals surface area (Å²) in [5.74, 6) is -5.90. The van der Waals surface area contributed by atoms with E-state index in [9.17, 15) is 28.3 Å². The number of aliphatic hydroxyl groups excluding tert-OH is 1. The summed E-state index contributed by atoms with van der Waals surface area (Å²) >= 11 is 0. The highest BCUT2D eigenvalue weighted by Gasteiger charge is 2.50. The Kier molecular flexibility index (Phi) is 6.52. The number of likely N-dealkylation sites (tertiary alicyclic amines) is 1. The Morgan fingerprint density at radius 2 is 1.68 bits per heavy atom. The van der Waals surface area contributed by atoms with Crippen molar-refractivity contribution in [2.45, 2.75) is 36.8 Å². The van der Waals surface area contributed by atoms with Crippen molar-refractivity contribution in [2.24, 2.45) is 0 Å². The summed E-state index contributed by atoms with van der Waals surface area (Å²) in [6.45, 7) is -1.31. The molecule has 0 saturated carbocycles. The molecule has 1 aliphatic carbocycles. The van der Waals surface area contributed by atoms with Crippen molar-refractivity contribution >= 4 is 18.0 Å². The molecule has 2 amide bonds. The van der Waals surface area contributed by atoms with Crippen molar-refractivity contribution in [3.63, 3.8) is 0 Å². The molecular formula is C24H24F2N2O6. The van der Waals surface area contributed by atoms with E-state index in [1.54, 1.807) is 0 Å². The summed E-state index contributed by atoms with van der Waals surface area (Å²) in [6.07, 6.45) is -3.77. The minimum absolute atomic E-state index is 0.0675. The number of nitrogens with zero attached hydrogens (tertiary/aromatic N) is 1. The number of amides is 2. The predicted molar refractivity (Wildman–Crippen MR) is 116 cm³/mol. The fraction of sp³-hybridized carbons (Fsp3) is 0.375. The number of rotatable bonds is 7. The minimum atomic E-state index is -3.30. The quantitative estimate of drug-likeness (QED) is 0.568. The highest BCUT2D eigenvalue weighted by molar-refractivity contribution is 5.85. The molecule has 34 heavy (non-hydrogen) atoms. The largest absolute Gasteiger partial charge is 0.480 e. The zero-order valence-corrected chi connectivity index (χ0v) is 18.1. The molecule has 1 saturated heterocycles. The molecule has 0 bridgehead atoms. The van der Waals surface area contributed by atoms with Crippen molar-refractivity contribution in [3.8, 4) is 11.1 Å². The number of aliphatic carboxylic acids is 1. The number of carboxylic acids is 1. The second-order valence-electron chi connectivity index (χ2n) is 8.50. The molecule has 1 unspecified atom stereocenters. The molecule has 2 aliphatic rings. The number of carbonyl (C=O) groups is 3. The van der Waals surface area contributed by atoms with Gasteiger partial charge in [-0.1, -0.05) is 48.5 Å². The lowest BCUT2D eigenvalue weighted by atomic mass is 9.98. The molecule has 0 aromatic heterocycles. The van der Waals surface area contributed by atoms with E-state index in [1.165, 1.54) is 0 Å². The van der Waals surface area contributed by atoms with E-state index in [2.05, 4.69) is 5.32 Å². The summed E-state index contributed by atoms with van der Waals surface area (Å²) in [6, 6.07) is 14.0. The molecule has 0 radical (unpaired) electrons. The highest BCUT2D eigenvalue weighted by atomic mass is 19.3. The lowest BCUT2D eigenvalue weighted by molar-refractivity contribution is -0.149. The van der Waals surface area contributed by atoms with Gasteiger partial charge < -0.3 is 25.2 Å². The zero-order chi connectivity index (χ0) is 24.5. The summed E-state index contributed by atoms with van der Waals surface area (Å²) < 4.78 is 32.5. The van der Waals surface area contributed by atoms with Crippen LogP contribution in [0.2, 0.25) is 0 Å². The number of carbonyl (C=O) groups excluding carboxylic acids is 2. The SMILES string of the molecule is O=C(NCC(O)CC(=O)N1CC(F)(F)C[C@H]1C(=O)O)OCC1c2ccccc2-c2ccccc21. The van der Waals surface area contributed by atoms with E-state index in [-0.39, 0.29) is 19.1 Å². The first-order valence-electron chi connectivity index (χ1n) is 10.8. The van der Waals surface area contributed by atoms with Gasteiger partial charge in [-0.15, -0.1) is 0 Å². The van der Waals surface area contributed by atoms with Gasteiger partial charge in [-0.05, 0) is 22.3 Å². The summed E-state index contributed by atoms with van der Waals surface area (Å²) in [5.41, 5.74) is 4.23. The van der Waals surface area contributed by atoms with Crippen LogP contribution in [-0.2, 0) is 14.3 Å². The molecule has 1 aliphatic heterocycles. The van der Waals surface area contributed by atoms with Gasteiger partial charge in [0.1, 0.15) is 12.6 Å². The van der Waals surface area contributed by atoms with Crippen LogP contribution in [0.15, 0.2) is 48.5 Å². The average molecular weight is 474 g/mol. The maximum absolute atomic E-state index is 13.6. The number of carboxylic acid groups (broad SMARTS) is 1. The smallest absolute Gasteiger partial charge is 0.407 e. The third-order valence-electron chi connectivity index (χ3n) is 6.11. The Balaban J connectivity index is 1.28. The Hall–Kier alpha value is -3.53. The first kappa shape index (κ1) is 23.6. The molecule has 0 spiro atoms. The van der Waals surface area contributed by atoms with Crippen LogP contribution < -0.4 is 5.32 Å². The topological polar surface area (TPSA) is 116 Å². The van der Waals surface area contributed by atoms with E-state index in [0.717, 1.165) is 22.3 Å². The van der Waals surface area contributed by atoms with Crippen LogP contribution in [0.25, 0.3) is 11.1 Å². The number of nitrogens with one attached hydrogen (secondary N) is 1. The maximum atomic E-state index is 13.6. The Bertz CT molecular complexity index is 1060. The zero-order valence-electron chi connectivity index (χ0n) is 18.1. The standard InChI is InChI=1S/C24H24F2N2O6/c25-24(26)10-20(22(31)32)28(13-24)21(30)9-14(29)11-27-23(33)34-12-19-17-7-3-1-5-15(17)16-6-2-4-8-18(16)19/h1-8,14,19-20,29H,9-13H2,(H,27,33)(H,31,32)/t14?,20-/m0/s1. The fourth-order valence-electron chi connectivity index (χ4n) is 4.54. The van der Waals surface area contributed by atoms with Crippen molar-refractivity contribution < 1.29 is 38.1 Å². The summed E-state index contributed by atoms with van der Waals surface area (Å²) in [5, 5.41) is 21.5. The molecule has 8 nitrogen and oxygen atoms in total. The molecule has 10 heteroatoms. The van der Waals surface area contributed by atoms with Gasteiger partial charge in [0.25, 0.3) is 5.92 Å². The lowest BCUT2D eigenvalue weighted by Gasteiger charge is -2.22. The third-order valence-corrected chi connectivity index (χ3v) is 6.11. The Morgan fingerprint density at radius 3 is 2.26 bits per heavy atom. The Labute approximate surface area is 194 Å². The minimum Gasteiger partial charge on any atom is -0.480 e. The number of benzene rings is 2. The highest BCUT2D eigenvalue weighted by Crippen LogP contribution is 2.44. The van der Waals surface area contributed by atoms with Crippen molar-refractivity contribution in [3.05, 3.63) is 59.7 Å². The normalized spacial score (nSPS) is 19.3. The third kappa shape index (κ3) is 4.86. The second-order valence-corrected chi connectivity index (χ2v) is 8.50. The number of halogens is 2. The van der Waals surface area contributed by atoms with Crippen molar-refractivity contribution in [1.82, 2.24) is 10.2 Å². The van der Waals surface area contributed by atoms with Gasteiger partial charge >= 0.3 is 12.1 Å². The molecule has 2 aromatic rings. The second kappa shape index (κ2) is 9.38. The number of aliphatic hydroxyl groups is 1. The van der Waals surface area contributed by atoms with Crippen LogP contribution in [0.4, 0.5) is 13.6 Å². The average Bonchev–Trinajstić information content (AvgIpc) is 3.31. The fourth-order valence-corrected chi connectivity index (χ4v) is 4.54. The van der Waals surface area contributed by atoms with Crippen molar-refractivity contribution in [1.29, 1.82) is 0 Å². The van der Waals surface area contributed by atoms with Crippen LogP contribution in [0, 0.1) is 0 Å². The van der Waals surface area contributed by atoms with Crippen LogP contribution >= 0.6 is 0 Å². The number of hydrogen-bond acceptors (Lipinski definition) is 5.